The number of carbonyl (C=O) groups excluding carboxylic acids is 1. The fourth-order valence-electron chi connectivity index (χ4n) is 3.07. The molecule has 2 saturated heterocycles. The average Bonchev–Trinajstić information content (AvgIpc) is 2.58. The van der Waals surface area contributed by atoms with Crippen LogP contribution in [0.2, 0.25) is 0 Å². The highest BCUT2D eigenvalue weighted by molar-refractivity contribution is 5.79. The average molecular weight is 310 g/mol. The Morgan fingerprint density at radius 1 is 1.05 bits per heavy atom. The maximum absolute atomic E-state index is 13.3. The molecule has 0 unspecified atom stereocenters. The smallest absolute Gasteiger partial charge is 0.225 e. The molecule has 2 heterocycles. The molecule has 1 amide bonds. The molecule has 0 radical (unpaired) electrons. The largest absolute Gasteiger partial charge is 0.381 e. The lowest BCUT2D eigenvalue weighted by molar-refractivity contribution is -0.138. The van der Waals surface area contributed by atoms with Gasteiger partial charge in [-0.2, -0.15) is 0 Å². The zero-order valence-electron chi connectivity index (χ0n) is 12.4. The van der Waals surface area contributed by atoms with Crippen LogP contribution in [-0.2, 0) is 9.53 Å². The van der Waals surface area contributed by atoms with Gasteiger partial charge in [-0.15, -0.1) is 0 Å². The number of hydrogen-bond donors (Lipinski definition) is 0. The predicted octanol–water partition coefficient (Wildman–Crippen LogP) is 2.04. The lowest BCUT2D eigenvalue weighted by atomic mass is 9.98. The van der Waals surface area contributed by atoms with Crippen LogP contribution in [-0.4, -0.2) is 50.2 Å². The van der Waals surface area contributed by atoms with Crippen LogP contribution >= 0.6 is 0 Å². The van der Waals surface area contributed by atoms with Gasteiger partial charge in [0.2, 0.25) is 5.91 Å². The van der Waals surface area contributed by atoms with Gasteiger partial charge in [0.15, 0.2) is 11.6 Å². The van der Waals surface area contributed by atoms with Gasteiger partial charge >= 0.3 is 0 Å². The standard InChI is InChI=1S/C16H20F2N2O2/c17-14-2-1-13(11-15(14)18)19-5-7-20(8-6-19)16(21)12-3-9-22-10-4-12/h1-2,11-12H,3-10H2. The van der Waals surface area contributed by atoms with Crippen molar-refractivity contribution in [3.63, 3.8) is 0 Å². The van der Waals surface area contributed by atoms with E-state index < -0.39 is 11.6 Å². The molecule has 0 aromatic heterocycles. The van der Waals surface area contributed by atoms with E-state index >= 15 is 0 Å². The number of halogens is 2. The molecule has 1 aromatic rings. The number of carbonyl (C=O) groups is 1. The summed E-state index contributed by atoms with van der Waals surface area (Å²) in [6, 6.07) is 3.93. The molecule has 1 aromatic carbocycles. The van der Waals surface area contributed by atoms with Crippen LogP contribution in [0.5, 0.6) is 0 Å². The number of ether oxygens (including phenoxy) is 1. The predicted molar refractivity (Wildman–Crippen MR) is 78.7 cm³/mol. The third kappa shape index (κ3) is 3.21. The fourth-order valence-corrected chi connectivity index (χ4v) is 3.07. The Labute approximate surface area is 128 Å². The van der Waals surface area contributed by atoms with E-state index in [0.717, 1.165) is 18.9 Å². The molecule has 2 fully saturated rings. The summed E-state index contributed by atoms with van der Waals surface area (Å²) in [7, 11) is 0. The van der Waals surface area contributed by atoms with Crippen molar-refractivity contribution < 1.29 is 18.3 Å². The first kappa shape index (κ1) is 15.2. The minimum atomic E-state index is -0.836. The summed E-state index contributed by atoms with van der Waals surface area (Å²) in [6.45, 7) is 3.83. The van der Waals surface area contributed by atoms with Crippen molar-refractivity contribution in [2.24, 2.45) is 5.92 Å². The Balaban J connectivity index is 1.57. The monoisotopic (exact) mass is 310 g/mol. The van der Waals surface area contributed by atoms with Crippen molar-refractivity contribution in [1.29, 1.82) is 0 Å². The van der Waals surface area contributed by atoms with Crippen LogP contribution in [0.4, 0.5) is 14.5 Å². The van der Waals surface area contributed by atoms with Gasteiger partial charge in [-0.3, -0.25) is 4.79 Å². The summed E-state index contributed by atoms with van der Waals surface area (Å²) in [6.07, 6.45) is 1.59. The molecule has 22 heavy (non-hydrogen) atoms. The van der Waals surface area contributed by atoms with Crippen molar-refractivity contribution in [3.05, 3.63) is 29.8 Å². The van der Waals surface area contributed by atoms with Gasteiger partial charge in [0, 0.05) is 57.1 Å². The van der Waals surface area contributed by atoms with Crippen LogP contribution in [0, 0.1) is 17.6 Å². The molecule has 2 aliphatic heterocycles. The first-order valence-corrected chi connectivity index (χ1v) is 7.71. The summed E-state index contributed by atoms with van der Waals surface area (Å²) < 4.78 is 31.6. The minimum Gasteiger partial charge on any atom is -0.381 e. The molecular formula is C16H20F2N2O2. The molecule has 0 N–H and O–H groups in total. The van der Waals surface area contributed by atoms with Gasteiger partial charge in [0.25, 0.3) is 0 Å². The molecule has 6 heteroatoms. The normalized spacial score (nSPS) is 20.3. The number of anilines is 1. The Bertz CT molecular complexity index is 539. The van der Waals surface area contributed by atoms with Gasteiger partial charge in [-0.05, 0) is 25.0 Å². The van der Waals surface area contributed by atoms with Gasteiger partial charge in [0.05, 0.1) is 0 Å². The number of nitrogens with zero attached hydrogens (tertiary/aromatic N) is 2. The highest BCUT2D eigenvalue weighted by Gasteiger charge is 2.28. The molecule has 2 aliphatic rings. The summed E-state index contributed by atoms with van der Waals surface area (Å²) in [4.78, 5) is 16.3. The highest BCUT2D eigenvalue weighted by Crippen LogP contribution is 2.22. The topological polar surface area (TPSA) is 32.8 Å². The van der Waals surface area contributed by atoms with E-state index in [4.69, 9.17) is 4.74 Å². The van der Waals surface area contributed by atoms with Gasteiger partial charge in [-0.1, -0.05) is 0 Å². The van der Waals surface area contributed by atoms with Crippen LogP contribution in [0.15, 0.2) is 18.2 Å². The molecule has 0 spiro atoms. The molecule has 120 valence electrons. The van der Waals surface area contributed by atoms with Crippen molar-refractivity contribution in [1.82, 2.24) is 4.90 Å². The maximum atomic E-state index is 13.3. The van der Waals surface area contributed by atoms with E-state index in [0.29, 0.717) is 45.1 Å². The minimum absolute atomic E-state index is 0.0727. The van der Waals surface area contributed by atoms with Crippen molar-refractivity contribution in [3.8, 4) is 0 Å². The molecule has 0 bridgehead atoms. The van der Waals surface area contributed by atoms with Gasteiger partial charge in [-0.25, -0.2) is 8.78 Å². The molecule has 0 saturated carbocycles. The molecular weight excluding hydrogens is 290 g/mol. The number of hydrogen-bond acceptors (Lipinski definition) is 3. The quantitative estimate of drug-likeness (QED) is 0.838. The van der Waals surface area contributed by atoms with Crippen LogP contribution in [0.25, 0.3) is 0 Å². The van der Waals surface area contributed by atoms with Crippen molar-refractivity contribution in [2.75, 3.05) is 44.3 Å². The van der Waals surface area contributed by atoms with E-state index in [9.17, 15) is 13.6 Å². The number of benzene rings is 1. The molecule has 3 rings (SSSR count). The summed E-state index contributed by atoms with van der Waals surface area (Å²) in [5.74, 6) is -1.40. The second kappa shape index (κ2) is 6.60. The maximum Gasteiger partial charge on any atom is 0.225 e. The third-order valence-corrected chi connectivity index (χ3v) is 4.43. The van der Waals surface area contributed by atoms with Gasteiger partial charge in [0.1, 0.15) is 0 Å². The first-order valence-electron chi connectivity index (χ1n) is 7.71. The summed E-state index contributed by atoms with van der Waals surface area (Å²) in [5.41, 5.74) is 0.664. The lowest BCUT2D eigenvalue weighted by Crippen LogP contribution is -2.51. The fraction of sp³-hybridized carbons (Fsp3) is 0.562. The summed E-state index contributed by atoms with van der Waals surface area (Å²) >= 11 is 0. The van der Waals surface area contributed by atoms with Crippen LogP contribution < -0.4 is 4.90 Å². The Hall–Kier alpha value is -1.69. The Morgan fingerprint density at radius 3 is 2.36 bits per heavy atom. The van der Waals surface area contributed by atoms with Gasteiger partial charge < -0.3 is 14.5 Å². The number of amides is 1. The lowest BCUT2D eigenvalue weighted by Gasteiger charge is -2.38. The Morgan fingerprint density at radius 2 is 1.73 bits per heavy atom. The zero-order valence-corrected chi connectivity index (χ0v) is 12.4. The number of piperazine rings is 1. The first-order chi connectivity index (χ1) is 10.6. The van der Waals surface area contributed by atoms with Crippen molar-refractivity contribution >= 4 is 11.6 Å². The second-order valence-corrected chi connectivity index (χ2v) is 5.80. The third-order valence-electron chi connectivity index (χ3n) is 4.43. The molecule has 0 atom stereocenters. The second-order valence-electron chi connectivity index (χ2n) is 5.80. The molecule has 4 nitrogen and oxygen atoms in total. The molecule has 0 aliphatic carbocycles. The van der Waals surface area contributed by atoms with Crippen LogP contribution in [0.3, 0.4) is 0 Å². The van der Waals surface area contributed by atoms with E-state index in [2.05, 4.69) is 0 Å². The zero-order chi connectivity index (χ0) is 15.5. The van der Waals surface area contributed by atoms with Crippen molar-refractivity contribution in [2.45, 2.75) is 12.8 Å². The summed E-state index contributed by atoms with van der Waals surface area (Å²) in [5, 5.41) is 0. The SMILES string of the molecule is O=C(C1CCOCC1)N1CCN(c2ccc(F)c(F)c2)CC1. The van der Waals surface area contributed by atoms with E-state index in [1.165, 1.54) is 6.07 Å². The van der Waals surface area contributed by atoms with E-state index in [1.54, 1.807) is 6.07 Å². The van der Waals surface area contributed by atoms with E-state index in [-0.39, 0.29) is 11.8 Å². The Kier molecular flexibility index (Phi) is 4.57. The number of rotatable bonds is 2. The van der Waals surface area contributed by atoms with Crippen LogP contribution in [0.1, 0.15) is 12.8 Å². The highest BCUT2D eigenvalue weighted by atomic mass is 19.2. The van der Waals surface area contributed by atoms with E-state index in [1.807, 2.05) is 9.80 Å².